The topological polar surface area (TPSA) is 117 Å². The number of benzene rings is 1. The Morgan fingerprint density at radius 2 is 2.07 bits per heavy atom. The van der Waals surface area contributed by atoms with Gasteiger partial charge in [-0.15, -0.1) is 0 Å². The number of nitrogens with zero attached hydrogens (tertiary/aromatic N) is 3. The third-order valence-electron chi connectivity index (χ3n) is 3.90. The zero-order valence-corrected chi connectivity index (χ0v) is 15.3. The largest absolute Gasteiger partial charge is 0.494 e. The molecule has 0 unspecified atom stereocenters. The van der Waals surface area contributed by atoms with Crippen molar-refractivity contribution >= 4 is 23.5 Å². The minimum absolute atomic E-state index is 0.0497. The molecule has 0 atom stereocenters. The molecule has 0 fully saturated rings. The van der Waals surface area contributed by atoms with Crippen molar-refractivity contribution in [3.63, 3.8) is 0 Å². The van der Waals surface area contributed by atoms with Crippen LogP contribution in [0.5, 0.6) is 5.88 Å². The highest BCUT2D eigenvalue weighted by Crippen LogP contribution is 2.22. The first-order valence-electron chi connectivity index (χ1n) is 8.16. The van der Waals surface area contributed by atoms with Crippen LogP contribution in [-0.2, 0) is 16.1 Å². The van der Waals surface area contributed by atoms with Crippen molar-refractivity contribution in [3.8, 4) is 11.9 Å². The molecular formula is C19H20N4O4. The number of carbonyl (C=O) groups excluding carboxylic acids is 1. The molecule has 0 radical (unpaired) electrons. The average Bonchev–Trinajstić information content (AvgIpc) is 2.63. The van der Waals surface area contributed by atoms with Gasteiger partial charge in [-0.25, -0.2) is 0 Å². The second kappa shape index (κ2) is 8.78. The molecule has 2 rings (SSSR count). The fourth-order valence-electron chi connectivity index (χ4n) is 2.49. The van der Waals surface area contributed by atoms with Gasteiger partial charge >= 0.3 is 0 Å². The molecule has 8 nitrogen and oxygen atoms in total. The highest BCUT2D eigenvalue weighted by molar-refractivity contribution is 5.89. The van der Waals surface area contributed by atoms with E-state index in [2.05, 4.69) is 10.3 Å². The number of aromatic hydroxyl groups is 1. The van der Waals surface area contributed by atoms with Crippen LogP contribution in [0.1, 0.15) is 23.6 Å². The first kappa shape index (κ1) is 19.9. The molecule has 2 aromatic rings. The Balaban J connectivity index is 2.42. The Hall–Kier alpha value is -3.44. The number of nitriles is 1. The third kappa shape index (κ3) is 4.59. The van der Waals surface area contributed by atoms with Gasteiger partial charge in [0.15, 0.2) is 0 Å². The van der Waals surface area contributed by atoms with E-state index in [4.69, 9.17) is 4.74 Å². The summed E-state index contributed by atoms with van der Waals surface area (Å²) in [6, 6.07) is 8.67. The molecule has 0 saturated carbocycles. The van der Waals surface area contributed by atoms with Gasteiger partial charge in [0.1, 0.15) is 11.6 Å². The quantitative estimate of drug-likeness (QED) is 0.757. The molecule has 140 valence electrons. The molecule has 0 aliphatic carbocycles. The lowest BCUT2D eigenvalue weighted by molar-refractivity contribution is -0.114. The molecule has 1 amide bonds. The average molecular weight is 368 g/mol. The number of anilines is 1. The van der Waals surface area contributed by atoms with Crippen LogP contribution >= 0.6 is 0 Å². The molecule has 0 spiro atoms. The summed E-state index contributed by atoms with van der Waals surface area (Å²) in [5, 5.41) is 22.4. The van der Waals surface area contributed by atoms with Crippen LogP contribution in [-0.4, -0.2) is 35.5 Å². The van der Waals surface area contributed by atoms with E-state index < -0.39 is 5.56 Å². The maximum Gasteiger partial charge on any atom is 0.271 e. The van der Waals surface area contributed by atoms with Gasteiger partial charge in [-0.2, -0.15) is 5.26 Å². The standard InChI is InChI=1S/C19H20N4O4/c1-12-16(10-20)18(25)23(8-9-27-3)19(26)17(12)11-21-14-4-6-15(7-5-14)22-13(2)24/h4-7,11,26H,8-9H2,1-3H3,(H,22,24). The number of aromatic nitrogens is 1. The van der Waals surface area contributed by atoms with Crippen molar-refractivity contribution in [2.24, 2.45) is 4.99 Å². The molecule has 27 heavy (non-hydrogen) atoms. The highest BCUT2D eigenvalue weighted by atomic mass is 16.5. The van der Waals surface area contributed by atoms with E-state index in [9.17, 15) is 20.0 Å². The number of hydrogen-bond donors (Lipinski definition) is 2. The van der Waals surface area contributed by atoms with Gasteiger partial charge in [-0.1, -0.05) is 0 Å². The molecule has 1 aromatic carbocycles. The number of ether oxygens (including phenoxy) is 1. The predicted octanol–water partition coefficient (Wildman–Crippen LogP) is 2.09. The Kier molecular flexibility index (Phi) is 6.46. The normalized spacial score (nSPS) is 10.7. The Morgan fingerprint density at radius 3 is 2.63 bits per heavy atom. The Bertz CT molecular complexity index is 969. The van der Waals surface area contributed by atoms with Gasteiger partial charge in [-0.3, -0.25) is 19.1 Å². The van der Waals surface area contributed by atoms with Gasteiger partial charge in [0, 0.05) is 25.9 Å². The molecule has 0 saturated heterocycles. The third-order valence-corrected chi connectivity index (χ3v) is 3.90. The van der Waals surface area contributed by atoms with Crippen molar-refractivity contribution in [2.45, 2.75) is 20.4 Å². The summed E-state index contributed by atoms with van der Waals surface area (Å²) in [6.07, 6.45) is 1.40. The summed E-state index contributed by atoms with van der Waals surface area (Å²) in [7, 11) is 1.48. The van der Waals surface area contributed by atoms with Crippen LogP contribution in [0.2, 0.25) is 0 Å². The summed E-state index contributed by atoms with van der Waals surface area (Å²) in [6.45, 7) is 3.33. The lowest BCUT2D eigenvalue weighted by Crippen LogP contribution is -2.26. The van der Waals surface area contributed by atoms with Gasteiger partial charge in [0.2, 0.25) is 11.8 Å². The number of nitrogens with one attached hydrogen (secondary N) is 1. The molecule has 0 aliphatic rings. The van der Waals surface area contributed by atoms with Crippen molar-refractivity contribution in [1.29, 1.82) is 5.26 Å². The fourth-order valence-corrected chi connectivity index (χ4v) is 2.49. The summed E-state index contributed by atoms with van der Waals surface area (Å²) >= 11 is 0. The zero-order chi connectivity index (χ0) is 20.0. The van der Waals surface area contributed by atoms with Crippen LogP contribution < -0.4 is 10.9 Å². The monoisotopic (exact) mass is 368 g/mol. The Morgan fingerprint density at radius 1 is 1.41 bits per heavy atom. The molecule has 0 bridgehead atoms. The second-order valence-electron chi connectivity index (χ2n) is 5.78. The predicted molar refractivity (Wildman–Crippen MR) is 102 cm³/mol. The summed E-state index contributed by atoms with van der Waals surface area (Å²) in [4.78, 5) is 27.7. The van der Waals surface area contributed by atoms with Crippen molar-refractivity contribution in [1.82, 2.24) is 4.57 Å². The van der Waals surface area contributed by atoms with Gasteiger partial charge in [-0.05, 0) is 36.8 Å². The van der Waals surface area contributed by atoms with Crippen molar-refractivity contribution in [3.05, 3.63) is 51.3 Å². The van der Waals surface area contributed by atoms with Gasteiger partial charge in [0.05, 0.1) is 24.4 Å². The van der Waals surface area contributed by atoms with Crippen LogP contribution in [0, 0.1) is 18.3 Å². The second-order valence-corrected chi connectivity index (χ2v) is 5.78. The van der Waals surface area contributed by atoms with Crippen molar-refractivity contribution in [2.75, 3.05) is 19.0 Å². The van der Waals surface area contributed by atoms with Gasteiger partial charge in [0.25, 0.3) is 5.56 Å². The minimum Gasteiger partial charge on any atom is -0.494 e. The summed E-state index contributed by atoms with van der Waals surface area (Å²) in [5.41, 5.74) is 1.24. The van der Waals surface area contributed by atoms with E-state index >= 15 is 0 Å². The first-order valence-corrected chi connectivity index (χ1v) is 8.16. The van der Waals surface area contributed by atoms with Crippen LogP contribution in [0.3, 0.4) is 0 Å². The van der Waals surface area contributed by atoms with E-state index in [-0.39, 0.29) is 36.1 Å². The molecular weight excluding hydrogens is 348 g/mol. The molecule has 2 N–H and O–H groups in total. The van der Waals surface area contributed by atoms with Crippen molar-refractivity contribution < 1.29 is 14.6 Å². The maximum absolute atomic E-state index is 12.3. The lowest BCUT2D eigenvalue weighted by Gasteiger charge is -2.13. The highest BCUT2D eigenvalue weighted by Gasteiger charge is 2.17. The molecule has 8 heteroatoms. The van der Waals surface area contributed by atoms with E-state index in [0.717, 1.165) is 4.57 Å². The molecule has 1 aromatic heterocycles. The molecule has 1 heterocycles. The van der Waals surface area contributed by atoms with Crippen LogP contribution in [0.15, 0.2) is 34.1 Å². The summed E-state index contributed by atoms with van der Waals surface area (Å²) < 4.78 is 6.04. The Labute approximate surface area is 156 Å². The smallest absolute Gasteiger partial charge is 0.271 e. The van der Waals surface area contributed by atoms with E-state index in [1.165, 1.54) is 20.2 Å². The number of aliphatic imine (C=N–C) groups is 1. The van der Waals surface area contributed by atoms with Gasteiger partial charge < -0.3 is 15.2 Å². The minimum atomic E-state index is -0.568. The van der Waals surface area contributed by atoms with E-state index in [1.807, 2.05) is 6.07 Å². The fraction of sp³-hybridized carbons (Fsp3) is 0.263. The number of hydrogen-bond acceptors (Lipinski definition) is 6. The number of methoxy groups -OCH3 is 1. The maximum atomic E-state index is 12.3. The van der Waals surface area contributed by atoms with E-state index in [1.54, 1.807) is 31.2 Å². The van der Waals surface area contributed by atoms with Crippen LogP contribution in [0.25, 0.3) is 0 Å². The SMILES string of the molecule is COCCn1c(O)c(C=Nc2ccc(NC(C)=O)cc2)c(C)c(C#N)c1=O. The lowest BCUT2D eigenvalue weighted by atomic mass is 10.1. The zero-order valence-electron chi connectivity index (χ0n) is 15.3. The van der Waals surface area contributed by atoms with E-state index in [0.29, 0.717) is 16.9 Å². The number of carbonyl (C=O) groups is 1. The number of pyridine rings is 1. The number of amides is 1. The van der Waals surface area contributed by atoms with Crippen LogP contribution in [0.4, 0.5) is 11.4 Å². The first-order chi connectivity index (χ1) is 12.9. The summed E-state index contributed by atoms with van der Waals surface area (Å²) in [5.74, 6) is -0.443. The molecule has 0 aliphatic heterocycles. The number of rotatable bonds is 6.